The Morgan fingerprint density at radius 3 is 2.67 bits per heavy atom. The minimum atomic E-state index is 0.208. The molecule has 0 aliphatic carbocycles. The molecule has 3 heteroatoms. The fourth-order valence-corrected chi connectivity index (χ4v) is 1.28. The van der Waals surface area contributed by atoms with Gasteiger partial charge in [-0.15, -0.1) is 0 Å². The molecule has 3 nitrogen and oxygen atoms in total. The highest BCUT2D eigenvalue weighted by Crippen LogP contribution is 2.09. The van der Waals surface area contributed by atoms with Crippen LogP contribution in [0.1, 0.15) is 32.5 Å². The van der Waals surface area contributed by atoms with Crippen molar-refractivity contribution in [3.05, 3.63) is 18.2 Å². The van der Waals surface area contributed by atoms with E-state index in [1.165, 1.54) is 5.69 Å². The highest BCUT2D eigenvalue weighted by Gasteiger charge is 2.06. The molecule has 0 radical (unpaired) electrons. The second-order valence-electron chi connectivity index (χ2n) is 3.57. The molecule has 0 saturated carbocycles. The van der Waals surface area contributed by atoms with E-state index in [1.807, 2.05) is 19.4 Å². The van der Waals surface area contributed by atoms with Crippen molar-refractivity contribution in [3.63, 3.8) is 0 Å². The molecule has 0 aliphatic rings. The van der Waals surface area contributed by atoms with Crippen LogP contribution >= 0.6 is 0 Å². The molecule has 0 bridgehead atoms. The molecule has 0 saturated heterocycles. The van der Waals surface area contributed by atoms with Crippen LogP contribution in [0.5, 0.6) is 0 Å². The number of hydrogen-bond acceptors (Lipinski definition) is 2. The molecule has 1 aromatic rings. The third kappa shape index (κ3) is 2.08. The molecule has 2 N–H and O–H groups in total. The van der Waals surface area contributed by atoms with E-state index in [4.69, 9.17) is 5.73 Å². The highest BCUT2D eigenvalue weighted by atomic mass is 15.1. The molecule has 68 valence electrons. The van der Waals surface area contributed by atoms with Crippen molar-refractivity contribution in [1.29, 1.82) is 0 Å². The number of aromatic nitrogens is 2. The molecule has 0 spiro atoms. The maximum absolute atomic E-state index is 5.71. The van der Waals surface area contributed by atoms with Crippen LogP contribution in [0.25, 0.3) is 0 Å². The van der Waals surface area contributed by atoms with E-state index in [9.17, 15) is 0 Å². The smallest absolute Gasteiger partial charge is 0.0950 e. The fraction of sp³-hybridized carbons (Fsp3) is 0.667. The van der Waals surface area contributed by atoms with Gasteiger partial charge in [-0.05, 0) is 20.8 Å². The first kappa shape index (κ1) is 9.26. The highest BCUT2D eigenvalue weighted by molar-refractivity contribution is 5.01. The van der Waals surface area contributed by atoms with Gasteiger partial charge in [-0.2, -0.15) is 0 Å². The van der Waals surface area contributed by atoms with Crippen molar-refractivity contribution >= 4 is 0 Å². The molecular weight excluding hydrogens is 150 g/mol. The van der Waals surface area contributed by atoms with E-state index in [-0.39, 0.29) is 6.04 Å². The Morgan fingerprint density at radius 1 is 1.50 bits per heavy atom. The minimum absolute atomic E-state index is 0.208. The van der Waals surface area contributed by atoms with Crippen molar-refractivity contribution < 1.29 is 0 Å². The van der Waals surface area contributed by atoms with Crippen LogP contribution in [-0.4, -0.2) is 15.6 Å². The largest absolute Gasteiger partial charge is 0.332 e. The van der Waals surface area contributed by atoms with Gasteiger partial charge in [-0.1, -0.05) is 0 Å². The number of imidazole rings is 1. The number of nitrogens with two attached hydrogens (primary N) is 1. The zero-order valence-electron chi connectivity index (χ0n) is 7.99. The minimum Gasteiger partial charge on any atom is -0.332 e. The van der Waals surface area contributed by atoms with Crippen molar-refractivity contribution in [2.45, 2.75) is 39.3 Å². The average Bonchev–Trinajstić information content (AvgIpc) is 2.33. The van der Waals surface area contributed by atoms with Crippen molar-refractivity contribution in [3.8, 4) is 0 Å². The molecule has 1 unspecified atom stereocenters. The van der Waals surface area contributed by atoms with E-state index >= 15 is 0 Å². The summed E-state index contributed by atoms with van der Waals surface area (Å²) < 4.78 is 2.16. The molecule has 1 aromatic heterocycles. The lowest BCUT2D eigenvalue weighted by Crippen LogP contribution is -2.20. The Bertz CT molecular complexity index is 238. The van der Waals surface area contributed by atoms with Crippen LogP contribution < -0.4 is 5.73 Å². The van der Waals surface area contributed by atoms with Gasteiger partial charge in [0.1, 0.15) is 0 Å². The number of nitrogens with zero attached hydrogens (tertiary/aromatic N) is 2. The summed E-state index contributed by atoms with van der Waals surface area (Å²) in [6.45, 7) is 6.30. The summed E-state index contributed by atoms with van der Waals surface area (Å²) in [5.74, 6) is 0. The van der Waals surface area contributed by atoms with Crippen LogP contribution in [0.15, 0.2) is 12.5 Å². The van der Waals surface area contributed by atoms with Gasteiger partial charge >= 0.3 is 0 Å². The predicted molar refractivity (Wildman–Crippen MR) is 50.0 cm³/mol. The van der Waals surface area contributed by atoms with Crippen molar-refractivity contribution in [1.82, 2.24) is 9.55 Å². The molecule has 1 atom stereocenters. The zero-order chi connectivity index (χ0) is 9.14. The maximum atomic E-state index is 5.71. The van der Waals surface area contributed by atoms with Crippen LogP contribution in [0.3, 0.4) is 0 Å². The summed E-state index contributed by atoms with van der Waals surface area (Å²) in [6.07, 6.45) is 4.66. The Balaban J connectivity index is 2.77. The third-order valence-corrected chi connectivity index (χ3v) is 1.83. The van der Waals surface area contributed by atoms with E-state index in [0.717, 1.165) is 6.42 Å². The molecule has 12 heavy (non-hydrogen) atoms. The lowest BCUT2D eigenvalue weighted by atomic mass is 10.2. The Hall–Kier alpha value is -0.830. The SMILES string of the molecule is CC(N)Cc1cncn1C(C)C. The predicted octanol–water partition coefficient (Wildman–Crippen LogP) is 1.35. The Morgan fingerprint density at radius 2 is 2.17 bits per heavy atom. The number of rotatable bonds is 3. The Labute approximate surface area is 73.6 Å². The van der Waals surface area contributed by atoms with Crippen LogP contribution in [0.4, 0.5) is 0 Å². The molecule has 0 fully saturated rings. The van der Waals surface area contributed by atoms with Crippen LogP contribution in [-0.2, 0) is 6.42 Å². The normalized spacial score (nSPS) is 13.8. The standard InChI is InChI=1S/C9H17N3/c1-7(2)12-6-11-5-9(12)4-8(3)10/h5-8H,4,10H2,1-3H3. The van der Waals surface area contributed by atoms with Gasteiger partial charge in [0.05, 0.1) is 6.33 Å². The maximum Gasteiger partial charge on any atom is 0.0950 e. The van der Waals surface area contributed by atoms with Gasteiger partial charge in [-0.25, -0.2) is 4.98 Å². The van der Waals surface area contributed by atoms with Gasteiger partial charge in [0.15, 0.2) is 0 Å². The summed E-state index contributed by atoms with van der Waals surface area (Å²) >= 11 is 0. The molecule has 0 aliphatic heterocycles. The first-order valence-electron chi connectivity index (χ1n) is 4.37. The van der Waals surface area contributed by atoms with Gasteiger partial charge in [0, 0.05) is 30.4 Å². The molecular formula is C9H17N3. The summed E-state index contributed by atoms with van der Waals surface area (Å²) in [5.41, 5.74) is 6.93. The monoisotopic (exact) mass is 167 g/mol. The van der Waals surface area contributed by atoms with Gasteiger partial charge in [-0.3, -0.25) is 0 Å². The first-order chi connectivity index (χ1) is 5.61. The van der Waals surface area contributed by atoms with Gasteiger partial charge in [0.2, 0.25) is 0 Å². The zero-order valence-corrected chi connectivity index (χ0v) is 7.99. The molecule has 0 aromatic carbocycles. The first-order valence-corrected chi connectivity index (χ1v) is 4.37. The number of hydrogen-bond donors (Lipinski definition) is 1. The molecule has 1 heterocycles. The average molecular weight is 167 g/mol. The lowest BCUT2D eigenvalue weighted by molar-refractivity contribution is 0.559. The lowest BCUT2D eigenvalue weighted by Gasteiger charge is -2.12. The van der Waals surface area contributed by atoms with E-state index < -0.39 is 0 Å². The van der Waals surface area contributed by atoms with Crippen molar-refractivity contribution in [2.75, 3.05) is 0 Å². The van der Waals surface area contributed by atoms with Crippen LogP contribution in [0.2, 0.25) is 0 Å². The second-order valence-corrected chi connectivity index (χ2v) is 3.57. The Kier molecular flexibility index (Phi) is 2.87. The summed E-state index contributed by atoms with van der Waals surface area (Å²) in [7, 11) is 0. The quantitative estimate of drug-likeness (QED) is 0.738. The second kappa shape index (κ2) is 3.72. The van der Waals surface area contributed by atoms with E-state index in [0.29, 0.717) is 6.04 Å². The molecule has 0 amide bonds. The summed E-state index contributed by atoms with van der Waals surface area (Å²) in [4.78, 5) is 4.10. The molecule has 1 rings (SSSR count). The van der Waals surface area contributed by atoms with E-state index in [2.05, 4.69) is 23.4 Å². The fourth-order valence-electron chi connectivity index (χ4n) is 1.28. The summed E-state index contributed by atoms with van der Waals surface area (Å²) in [5, 5.41) is 0. The van der Waals surface area contributed by atoms with Gasteiger partial charge < -0.3 is 10.3 Å². The van der Waals surface area contributed by atoms with Gasteiger partial charge in [0.25, 0.3) is 0 Å². The summed E-state index contributed by atoms with van der Waals surface area (Å²) in [6, 6.07) is 0.681. The van der Waals surface area contributed by atoms with E-state index in [1.54, 1.807) is 0 Å². The third-order valence-electron chi connectivity index (χ3n) is 1.83. The topological polar surface area (TPSA) is 43.8 Å². The van der Waals surface area contributed by atoms with Crippen molar-refractivity contribution in [2.24, 2.45) is 5.73 Å². The van der Waals surface area contributed by atoms with Crippen LogP contribution in [0, 0.1) is 0 Å².